The number of hydrazone groups is 1. The maximum absolute atomic E-state index is 12.4. The second-order valence-corrected chi connectivity index (χ2v) is 7.03. The van der Waals surface area contributed by atoms with Crippen molar-refractivity contribution in [1.29, 1.82) is 0 Å². The molecule has 0 aliphatic heterocycles. The average molecular weight is 389 g/mol. The van der Waals surface area contributed by atoms with Gasteiger partial charge >= 0.3 is 0 Å². The van der Waals surface area contributed by atoms with Crippen LogP contribution in [0.1, 0.15) is 27.7 Å². The number of carbonyl (C=O) groups excluding carboxylic acids is 1. The number of halogens is 1. The van der Waals surface area contributed by atoms with Gasteiger partial charge in [-0.1, -0.05) is 23.7 Å². The Bertz CT molecular complexity index is 998. The summed E-state index contributed by atoms with van der Waals surface area (Å²) in [5, 5.41) is 14.9. The number of rotatable bonds is 5. The van der Waals surface area contributed by atoms with Crippen LogP contribution in [0, 0.1) is 6.92 Å². The van der Waals surface area contributed by atoms with E-state index in [1.807, 2.05) is 32.0 Å². The van der Waals surface area contributed by atoms with Crippen LogP contribution in [-0.4, -0.2) is 23.8 Å². The zero-order valence-corrected chi connectivity index (χ0v) is 15.8. The average Bonchev–Trinajstić information content (AvgIpc) is 2.94. The Morgan fingerprint density at radius 2 is 2.15 bits per heavy atom. The number of amides is 1. The fraction of sp³-hybridized carbons (Fsp3) is 0.158. The van der Waals surface area contributed by atoms with E-state index < -0.39 is 0 Å². The van der Waals surface area contributed by atoms with Crippen LogP contribution in [0.25, 0.3) is 10.1 Å². The monoisotopic (exact) mass is 388 g/mol. The van der Waals surface area contributed by atoms with Gasteiger partial charge in [0.05, 0.1) is 17.8 Å². The number of ether oxygens (including phenoxy) is 1. The van der Waals surface area contributed by atoms with Crippen LogP contribution in [0.5, 0.6) is 11.5 Å². The van der Waals surface area contributed by atoms with Gasteiger partial charge in [-0.3, -0.25) is 4.79 Å². The third kappa shape index (κ3) is 3.81. The summed E-state index contributed by atoms with van der Waals surface area (Å²) in [6.45, 7) is 4.26. The lowest BCUT2D eigenvalue weighted by Crippen LogP contribution is -2.16. The van der Waals surface area contributed by atoms with Crippen LogP contribution in [0.4, 0.5) is 0 Å². The van der Waals surface area contributed by atoms with Crippen LogP contribution in [0.2, 0.25) is 5.02 Å². The molecule has 5 nitrogen and oxygen atoms in total. The van der Waals surface area contributed by atoms with Gasteiger partial charge < -0.3 is 9.84 Å². The molecule has 0 saturated heterocycles. The summed E-state index contributed by atoms with van der Waals surface area (Å²) in [4.78, 5) is 12.8. The minimum Gasteiger partial charge on any atom is -0.504 e. The number of carbonyl (C=O) groups is 1. The van der Waals surface area contributed by atoms with Gasteiger partial charge in [0.25, 0.3) is 5.91 Å². The Morgan fingerprint density at radius 3 is 2.92 bits per heavy atom. The molecular weight excluding hydrogens is 372 g/mol. The molecule has 3 rings (SSSR count). The molecule has 2 aromatic carbocycles. The smallest absolute Gasteiger partial charge is 0.283 e. The van der Waals surface area contributed by atoms with E-state index in [1.165, 1.54) is 23.6 Å². The predicted octanol–water partition coefficient (Wildman–Crippen LogP) is 4.73. The molecule has 0 aliphatic rings. The number of fused-ring (bicyclic) bond motifs is 1. The Hall–Kier alpha value is -2.57. The fourth-order valence-electron chi connectivity index (χ4n) is 2.42. The summed E-state index contributed by atoms with van der Waals surface area (Å²) in [5.74, 6) is 0.0556. The number of thiophene rings is 1. The van der Waals surface area contributed by atoms with Crippen molar-refractivity contribution in [2.75, 3.05) is 6.61 Å². The lowest BCUT2D eigenvalue weighted by molar-refractivity contribution is 0.0959. The standard InChI is InChI=1S/C19H17ClN2O3S/c1-3-25-15-9-12(5-7-14(15)23)10-21-22-19(24)18-17(20)13-6-4-11(2)8-16(13)26-18/h4-10,23H,3H2,1-2H3,(H,22,24). The van der Waals surface area contributed by atoms with Gasteiger partial charge in [-0.25, -0.2) is 5.43 Å². The van der Waals surface area contributed by atoms with E-state index in [1.54, 1.807) is 12.1 Å². The molecule has 0 bridgehead atoms. The highest BCUT2D eigenvalue weighted by atomic mass is 35.5. The van der Waals surface area contributed by atoms with Crippen LogP contribution in [0.3, 0.4) is 0 Å². The number of hydrogen-bond donors (Lipinski definition) is 2. The van der Waals surface area contributed by atoms with Crippen molar-refractivity contribution in [2.45, 2.75) is 13.8 Å². The molecular formula is C19H17ClN2O3S. The van der Waals surface area contributed by atoms with Gasteiger partial charge in [-0.05, 0) is 49.2 Å². The van der Waals surface area contributed by atoms with E-state index in [-0.39, 0.29) is 11.7 Å². The molecule has 1 amide bonds. The zero-order valence-electron chi connectivity index (χ0n) is 14.2. The number of nitrogens with zero attached hydrogens (tertiary/aromatic N) is 1. The first-order chi connectivity index (χ1) is 12.5. The van der Waals surface area contributed by atoms with Crippen molar-refractivity contribution in [2.24, 2.45) is 5.10 Å². The summed E-state index contributed by atoms with van der Waals surface area (Å²) in [5.41, 5.74) is 4.28. The topological polar surface area (TPSA) is 70.9 Å². The molecule has 1 heterocycles. The molecule has 0 atom stereocenters. The van der Waals surface area contributed by atoms with E-state index >= 15 is 0 Å². The summed E-state index contributed by atoms with van der Waals surface area (Å²) < 4.78 is 6.28. The Labute approximate surface area is 159 Å². The highest BCUT2D eigenvalue weighted by Crippen LogP contribution is 2.35. The second kappa shape index (κ2) is 7.76. The summed E-state index contributed by atoms with van der Waals surface area (Å²) in [6.07, 6.45) is 1.48. The van der Waals surface area contributed by atoms with E-state index in [4.69, 9.17) is 16.3 Å². The van der Waals surface area contributed by atoms with Crippen molar-refractivity contribution >= 4 is 45.1 Å². The molecule has 1 aromatic heterocycles. The highest BCUT2D eigenvalue weighted by molar-refractivity contribution is 7.21. The van der Waals surface area contributed by atoms with E-state index in [0.717, 1.165) is 15.6 Å². The lowest BCUT2D eigenvalue weighted by atomic mass is 10.2. The first kappa shape index (κ1) is 18.2. The first-order valence-corrected chi connectivity index (χ1v) is 9.17. The minimum absolute atomic E-state index is 0.0559. The predicted molar refractivity (Wildman–Crippen MR) is 106 cm³/mol. The quantitative estimate of drug-likeness (QED) is 0.490. The number of hydrogen-bond acceptors (Lipinski definition) is 5. The third-order valence-electron chi connectivity index (χ3n) is 3.65. The molecule has 134 valence electrons. The van der Waals surface area contributed by atoms with Gasteiger partial charge in [0.2, 0.25) is 0 Å². The maximum atomic E-state index is 12.4. The van der Waals surface area contributed by atoms with E-state index in [2.05, 4.69) is 10.5 Å². The molecule has 0 radical (unpaired) electrons. The molecule has 7 heteroatoms. The molecule has 0 aliphatic carbocycles. The summed E-state index contributed by atoms with van der Waals surface area (Å²) in [6, 6.07) is 10.7. The van der Waals surface area contributed by atoms with Gasteiger partial charge in [-0.2, -0.15) is 5.10 Å². The van der Waals surface area contributed by atoms with Gasteiger partial charge in [0.1, 0.15) is 4.88 Å². The zero-order chi connectivity index (χ0) is 18.7. The van der Waals surface area contributed by atoms with Crippen LogP contribution >= 0.6 is 22.9 Å². The Morgan fingerprint density at radius 1 is 1.35 bits per heavy atom. The van der Waals surface area contributed by atoms with E-state index in [0.29, 0.717) is 27.8 Å². The lowest BCUT2D eigenvalue weighted by Gasteiger charge is -2.05. The fourth-order valence-corrected chi connectivity index (χ4v) is 3.92. The number of aryl methyl sites for hydroxylation is 1. The third-order valence-corrected chi connectivity index (χ3v) is 5.31. The number of phenolic OH excluding ortho intramolecular Hbond substituents is 1. The van der Waals surface area contributed by atoms with Crippen LogP contribution < -0.4 is 10.2 Å². The molecule has 0 unspecified atom stereocenters. The SMILES string of the molecule is CCOc1cc(C=NNC(=O)c2sc3cc(C)ccc3c2Cl)ccc1O. The Balaban J connectivity index is 1.76. The minimum atomic E-state index is -0.367. The van der Waals surface area contributed by atoms with Crippen molar-refractivity contribution in [3.8, 4) is 11.5 Å². The highest BCUT2D eigenvalue weighted by Gasteiger charge is 2.16. The van der Waals surface area contributed by atoms with Crippen molar-refractivity contribution in [3.05, 3.63) is 57.4 Å². The molecule has 2 N–H and O–H groups in total. The van der Waals surface area contributed by atoms with Gasteiger partial charge in [-0.15, -0.1) is 11.3 Å². The molecule has 0 spiro atoms. The van der Waals surface area contributed by atoms with E-state index in [9.17, 15) is 9.90 Å². The van der Waals surface area contributed by atoms with Crippen LogP contribution in [-0.2, 0) is 0 Å². The number of phenols is 1. The summed E-state index contributed by atoms with van der Waals surface area (Å²) in [7, 11) is 0. The molecule has 0 fully saturated rings. The number of benzene rings is 2. The van der Waals surface area contributed by atoms with Gasteiger partial charge in [0, 0.05) is 10.1 Å². The number of aromatic hydroxyl groups is 1. The Kier molecular flexibility index (Phi) is 5.44. The van der Waals surface area contributed by atoms with Crippen molar-refractivity contribution in [3.63, 3.8) is 0 Å². The normalized spacial score (nSPS) is 11.2. The maximum Gasteiger partial charge on any atom is 0.283 e. The second-order valence-electron chi connectivity index (χ2n) is 5.60. The van der Waals surface area contributed by atoms with Crippen molar-refractivity contribution in [1.82, 2.24) is 5.43 Å². The molecule has 26 heavy (non-hydrogen) atoms. The molecule has 0 saturated carbocycles. The summed E-state index contributed by atoms with van der Waals surface area (Å²) >= 11 is 7.66. The molecule has 3 aromatic rings. The van der Waals surface area contributed by atoms with Gasteiger partial charge in [0.15, 0.2) is 11.5 Å². The first-order valence-electron chi connectivity index (χ1n) is 7.97. The van der Waals surface area contributed by atoms with Crippen molar-refractivity contribution < 1.29 is 14.6 Å². The van der Waals surface area contributed by atoms with Crippen LogP contribution in [0.15, 0.2) is 41.5 Å². The number of nitrogens with one attached hydrogen (secondary N) is 1. The largest absolute Gasteiger partial charge is 0.504 e.